The minimum absolute atomic E-state index is 0.449. The van der Waals surface area contributed by atoms with Crippen LogP contribution in [0.15, 0.2) is 0 Å². The summed E-state index contributed by atoms with van der Waals surface area (Å²) in [6, 6.07) is 2.17. The van der Waals surface area contributed by atoms with Gasteiger partial charge in [0.1, 0.15) is 0 Å². The van der Waals surface area contributed by atoms with Crippen LogP contribution in [0.25, 0.3) is 0 Å². The van der Waals surface area contributed by atoms with Gasteiger partial charge in [0.05, 0.1) is 0 Å². The van der Waals surface area contributed by atoms with Crippen molar-refractivity contribution in [1.29, 1.82) is 0 Å². The molecule has 0 bridgehead atoms. The van der Waals surface area contributed by atoms with Crippen molar-refractivity contribution in [2.45, 2.75) is 71.5 Å². The molecule has 3 heteroatoms. The molecule has 3 nitrogen and oxygen atoms in total. The average molecular weight is 281 g/mol. The smallest absolute Gasteiger partial charge is 0.0274 e. The lowest BCUT2D eigenvalue weighted by Gasteiger charge is -2.45. The second-order valence-electron chi connectivity index (χ2n) is 7.56. The van der Waals surface area contributed by atoms with Crippen LogP contribution in [-0.2, 0) is 0 Å². The SMILES string of the molecule is CCCNC1C(N2CCN(C)C(CC)C2)CCC1(C)C. The number of nitrogens with one attached hydrogen (secondary N) is 1. The van der Waals surface area contributed by atoms with Crippen LogP contribution in [-0.4, -0.2) is 61.2 Å². The molecule has 2 aliphatic rings. The number of piperazine rings is 1. The van der Waals surface area contributed by atoms with Crippen LogP contribution in [0.2, 0.25) is 0 Å². The van der Waals surface area contributed by atoms with Crippen molar-refractivity contribution < 1.29 is 0 Å². The molecule has 2 rings (SSSR count). The Morgan fingerprint density at radius 3 is 2.60 bits per heavy atom. The molecule has 0 aromatic carbocycles. The highest BCUT2D eigenvalue weighted by Gasteiger charge is 2.44. The fourth-order valence-corrected chi connectivity index (χ4v) is 4.18. The fraction of sp³-hybridized carbons (Fsp3) is 1.00. The van der Waals surface area contributed by atoms with Gasteiger partial charge in [0, 0.05) is 37.8 Å². The maximum atomic E-state index is 3.86. The number of hydrogen-bond acceptors (Lipinski definition) is 3. The summed E-state index contributed by atoms with van der Waals surface area (Å²) in [6.45, 7) is 14.4. The lowest BCUT2D eigenvalue weighted by molar-refractivity contribution is 0.0480. The first-order valence-corrected chi connectivity index (χ1v) is 8.67. The van der Waals surface area contributed by atoms with Gasteiger partial charge in [-0.05, 0) is 44.7 Å². The molecular formula is C17H35N3. The molecule has 0 spiro atoms. The minimum atomic E-state index is 0.449. The van der Waals surface area contributed by atoms with Gasteiger partial charge < -0.3 is 10.2 Å². The fourth-order valence-electron chi connectivity index (χ4n) is 4.18. The summed E-state index contributed by atoms with van der Waals surface area (Å²) in [7, 11) is 2.29. The van der Waals surface area contributed by atoms with E-state index in [0.717, 1.165) is 18.6 Å². The highest BCUT2D eigenvalue weighted by atomic mass is 15.3. The van der Waals surface area contributed by atoms with Crippen LogP contribution in [0.3, 0.4) is 0 Å². The topological polar surface area (TPSA) is 18.5 Å². The van der Waals surface area contributed by atoms with E-state index in [0.29, 0.717) is 11.5 Å². The van der Waals surface area contributed by atoms with E-state index in [9.17, 15) is 0 Å². The van der Waals surface area contributed by atoms with E-state index in [4.69, 9.17) is 0 Å². The number of likely N-dealkylation sites (N-methyl/N-ethyl adjacent to an activating group) is 1. The summed E-state index contributed by atoms with van der Waals surface area (Å²) in [5, 5.41) is 3.86. The van der Waals surface area contributed by atoms with Crippen LogP contribution in [0, 0.1) is 5.41 Å². The zero-order valence-corrected chi connectivity index (χ0v) is 14.3. The summed E-state index contributed by atoms with van der Waals surface area (Å²) >= 11 is 0. The third kappa shape index (κ3) is 3.37. The van der Waals surface area contributed by atoms with Gasteiger partial charge >= 0.3 is 0 Å². The monoisotopic (exact) mass is 281 g/mol. The van der Waals surface area contributed by atoms with E-state index >= 15 is 0 Å². The Balaban J connectivity index is 2.03. The van der Waals surface area contributed by atoms with Gasteiger partial charge in [0.25, 0.3) is 0 Å². The first-order chi connectivity index (χ1) is 9.49. The highest BCUT2D eigenvalue weighted by Crippen LogP contribution is 2.40. The van der Waals surface area contributed by atoms with Crippen molar-refractivity contribution in [3.63, 3.8) is 0 Å². The quantitative estimate of drug-likeness (QED) is 0.835. The van der Waals surface area contributed by atoms with Crippen LogP contribution in [0.5, 0.6) is 0 Å². The summed E-state index contributed by atoms with van der Waals surface area (Å²) < 4.78 is 0. The van der Waals surface area contributed by atoms with E-state index in [1.165, 1.54) is 45.3 Å². The molecule has 1 aliphatic carbocycles. The van der Waals surface area contributed by atoms with E-state index in [1.807, 2.05) is 0 Å². The molecule has 1 saturated carbocycles. The molecule has 3 unspecified atom stereocenters. The van der Waals surface area contributed by atoms with Crippen LogP contribution in [0.4, 0.5) is 0 Å². The molecule has 0 radical (unpaired) electrons. The number of nitrogens with zero attached hydrogens (tertiary/aromatic N) is 2. The van der Waals surface area contributed by atoms with E-state index in [2.05, 4.69) is 49.9 Å². The normalized spacial score (nSPS) is 35.5. The third-order valence-corrected chi connectivity index (χ3v) is 5.67. The lowest BCUT2D eigenvalue weighted by atomic mass is 9.86. The molecule has 118 valence electrons. The molecule has 1 N–H and O–H groups in total. The summed E-state index contributed by atoms with van der Waals surface area (Å²) in [5.74, 6) is 0. The second kappa shape index (κ2) is 6.76. The van der Waals surface area contributed by atoms with Crippen molar-refractivity contribution in [1.82, 2.24) is 15.1 Å². The Morgan fingerprint density at radius 2 is 1.95 bits per heavy atom. The molecule has 0 amide bonds. The first kappa shape index (κ1) is 16.3. The van der Waals surface area contributed by atoms with Gasteiger partial charge in [-0.15, -0.1) is 0 Å². The van der Waals surface area contributed by atoms with E-state index < -0.39 is 0 Å². The van der Waals surface area contributed by atoms with E-state index in [-0.39, 0.29) is 0 Å². The van der Waals surface area contributed by atoms with Crippen LogP contribution in [0.1, 0.15) is 53.4 Å². The average Bonchev–Trinajstić information content (AvgIpc) is 2.72. The highest BCUT2D eigenvalue weighted by molar-refractivity contribution is 5.02. The van der Waals surface area contributed by atoms with Crippen molar-refractivity contribution in [2.24, 2.45) is 5.41 Å². The van der Waals surface area contributed by atoms with Crippen LogP contribution >= 0.6 is 0 Å². The molecule has 0 aromatic heterocycles. The molecule has 1 aliphatic heterocycles. The lowest BCUT2D eigenvalue weighted by Crippen LogP contribution is -2.59. The van der Waals surface area contributed by atoms with Crippen LogP contribution < -0.4 is 5.32 Å². The molecule has 3 atom stereocenters. The Bertz CT molecular complexity index is 303. The summed E-state index contributed by atoms with van der Waals surface area (Å²) in [5.41, 5.74) is 0.449. The van der Waals surface area contributed by atoms with Gasteiger partial charge in [0.15, 0.2) is 0 Å². The molecule has 2 fully saturated rings. The van der Waals surface area contributed by atoms with Gasteiger partial charge in [-0.3, -0.25) is 4.90 Å². The molecule has 20 heavy (non-hydrogen) atoms. The minimum Gasteiger partial charge on any atom is -0.312 e. The maximum absolute atomic E-state index is 3.86. The number of hydrogen-bond donors (Lipinski definition) is 1. The third-order valence-electron chi connectivity index (χ3n) is 5.67. The van der Waals surface area contributed by atoms with Crippen molar-refractivity contribution in [3.05, 3.63) is 0 Å². The standard InChI is InChI=1S/C17H35N3/c1-6-10-18-16-15(8-9-17(16,3)4)20-12-11-19(5)14(7-2)13-20/h14-16,18H,6-13H2,1-5H3. The zero-order valence-electron chi connectivity index (χ0n) is 14.3. The summed E-state index contributed by atoms with van der Waals surface area (Å²) in [6.07, 6.45) is 5.24. The Morgan fingerprint density at radius 1 is 1.20 bits per heavy atom. The van der Waals surface area contributed by atoms with Gasteiger partial charge in [-0.25, -0.2) is 0 Å². The predicted molar refractivity (Wildman–Crippen MR) is 87.2 cm³/mol. The predicted octanol–water partition coefficient (Wildman–Crippen LogP) is 2.57. The Hall–Kier alpha value is -0.120. The zero-order chi connectivity index (χ0) is 14.8. The molecule has 1 saturated heterocycles. The maximum Gasteiger partial charge on any atom is 0.0274 e. The van der Waals surface area contributed by atoms with Crippen molar-refractivity contribution >= 4 is 0 Å². The van der Waals surface area contributed by atoms with Gasteiger partial charge in [-0.1, -0.05) is 27.7 Å². The van der Waals surface area contributed by atoms with Crippen molar-refractivity contribution in [3.8, 4) is 0 Å². The number of rotatable bonds is 5. The molecule has 0 aromatic rings. The first-order valence-electron chi connectivity index (χ1n) is 8.67. The van der Waals surface area contributed by atoms with Gasteiger partial charge in [0.2, 0.25) is 0 Å². The molecule has 1 heterocycles. The Labute approximate surface area is 126 Å². The molecular weight excluding hydrogens is 246 g/mol. The van der Waals surface area contributed by atoms with Gasteiger partial charge in [-0.2, -0.15) is 0 Å². The second-order valence-corrected chi connectivity index (χ2v) is 7.56. The summed E-state index contributed by atoms with van der Waals surface area (Å²) in [4.78, 5) is 5.33. The largest absolute Gasteiger partial charge is 0.312 e. The van der Waals surface area contributed by atoms with E-state index in [1.54, 1.807) is 0 Å². The Kier molecular flexibility index (Phi) is 5.49. The van der Waals surface area contributed by atoms with Crippen molar-refractivity contribution in [2.75, 3.05) is 33.2 Å².